The summed E-state index contributed by atoms with van der Waals surface area (Å²) in [5.41, 5.74) is 0.00144. The minimum atomic E-state index is 0.00144. The molecule has 2 unspecified atom stereocenters. The largest absolute Gasteiger partial charge is 0.381 e. The summed E-state index contributed by atoms with van der Waals surface area (Å²) in [5, 5.41) is 3.61. The van der Waals surface area contributed by atoms with Crippen molar-refractivity contribution >= 4 is 0 Å². The number of rotatable bonds is 4. The summed E-state index contributed by atoms with van der Waals surface area (Å²) in [6.45, 7) is 13.5. The van der Waals surface area contributed by atoms with E-state index in [-0.39, 0.29) is 5.60 Å². The van der Waals surface area contributed by atoms with Crippen LogP contribution in [-0.2, 0) is 9.47 Å². The zero-order valence-electron chi connectivity index (χ0n) is 12.1. The van der Waals surface area contributed by atoms with Crippen molar-refractivity contribution in [3.63, 3.8) is 0 Å². The number of ether oxygens (including phenoxy) is 2. The molecule has 2 aliphatic heterocycles. The average Bonchev–Trinajstić information content (AvgIpc) is 2.31. The fraction of sp³-hybridized carbons (Fsp3) is 1.00. The van der Waals surface area contributed by atoms with Gasteiger partial charge in [0.15, 0.2) is 0 Å². The molecule has 2 saturated heterocycles. The van der Waals surface area contributed by atoms with Crippen LogP contribution in [0.3, 0.4) is 0 Å². The van der Waals surface area contributed by atoms with Crippen molar-refractivity contribution in [1.82, 2.24) is 10.2 Å². The fourth-order valence-corrected chi connectivity index (χ4v) is 3.11. The summed E-state index contributed by atoms with van der Waals surface area (Å²) in [4.78, 5) is 2.53. The molecule has 4 heteroatoms. The number of hydrogen-bond acceptors (Lipinski definition) is 4. The Morgan fingerprint density at radius 3 is 2.89 bits per heavy atom. The van der Waals surface area contributed by atoms with Gasteiger partial charge in [0.05, 0.1) is 18.8 Å². The van der Waals surface area contributed by atoms with E-state index in [0.29, 0.717) is 12.0 Å². The summed E-state index contributed by atoms with van der Waals surface area (Å²) < 4.78 is 11.4. The molecule has 0 spiro atoms. The van der Waals surface area contributed by atoms with E-state index in [4.69, 9.17) is 9.47 Å². The Labute approximate surface area is 111 Å². The first-order valence-corrected chi connectivity index (χ1v) is 7.28. The second-order valence-corrected chi connectivity index (χ2v) is 6.13. The molecular formula is C14H28N2O2. The quantitative estimate of drug-likeness (QED) is 0.817. The van der Waals surface area contributed by atoms with Gasteiger partial charge >= 0.3 is 0 Å². The molecule has 0 bridgehead atoms. The van der Waals surface area contributed by atoms with Gasteiger partial charge in [0, 0.05) is 38.2 Å². The van der Waals surface area contributed by atoms with Crippen LogP contribution in [0.1, 0.15) is 27.2 Å². The van der Waals surface area contributed by atoms with Crippen molar-refractivity contribution < 1.29 is 9.47 Å². The first kappa shape index (κ1) is 14.3. The van der Waals surface area contributed by atoms with Crippen molar-refractivity contribution in [3.8, 4) is 0 Å². The molecule has 18 heavy (non-hydrogen) atoms. The second kappa shape index (κ2) is 6.33. The lowest BCUT2D eigenvalue weighted by atomic mass is 9.94. The molecule has 0 aromatic carbocycles. The molecular weight excluding hydrogens is 228 g/mol. The van der Waals surface area contributed by atoms with E-state index in [1.165, 1.54) is 0 Å². The topological polar surface area (TPSA) is 33.7 Å². The Hall–Kier alpha value is -0.160. The molecule has 2 aliphatic rings. The van der Waals surface area contributed by atoms with Gasteiger partial charge in [0.2, 0.25) is 0 Å². The normalized spacial score (nSPS) is 33.5. The minimum Gasteiger partial charge on any atom is -0.381 e. The van der Waals surface area contributed by atoms with Crippen molar-refractivity contribution in [1.29, 1.82) is 0 Å². The molecule has 2 fully saturated rings. The van der Waals surface area contributed by atoms with Crippen LogP contribution in [0.4, 0.5) is 0 Å². The second-order valence-electron chi connectivity index (χ2n) is 6.13. The van der Waals surface area contributed by atoms with Crippen LogP contribution < -0.4 is 5.32 Å². The average molecular weight is 256 g/mol. The van der Waals surface area contributed by atoms with Gasteiger partial charge in [0.1, 0.15) is 0 Å². The molecule has 0 saturated carbocycles. The molecule has 4 nitrogen and oxygen atoms in total. The zero-order chi connectivity index (χ0) is 13.0. The standard InChI is InChI=1S/C14H28N2O2/c1-4-15-13-5-7-17-10-12(13)9-16-6-8-18-14(2,3)11-16/h12-13,15H,4-11H2,1-3H3. The lowest BCUT2D eigenvalue weighted by Gasteiger charge is -2.42. The maximum atomic E-state index is 5.77. The van der Waals surface area contributed by atoms with Crippen LogP contribution >= 0.6 is 0 Å². The molecule has 1 N–H and O–H groups in total. The van der Waals surface area contributed by atoms with Crippen LogP contribution in [0.2, 0.25) is 0 Å². The highest BCUT2D eigenvalue weighted by atomic mass is 16.5. The van der Waals surface area contributed by atoms with Crippen LogP contribution in [0.25, 0.3) is 0 Å². The van der Waals surface area contributed by atoms with E-state index in [1.54, 1.807) is 0 Å². The Kier molecular flexibility index (Phi) is 5.01. The van der Waals surface area contributed by atoms with Gasteiger partial charge in [-0.05, 0) is 26.8 Å². The van der Waals surface area contributed by atoms with Crippen LogP contribution in [0.15, 0.2) is 0 Å². The first-order valence-electron chi connectivity index (χ1n) is 7.28. The maximum Gasteiger partial charge on any atom is 0.0753 e. The molecule has 0 aromatic heterocycles. The van der Waals surface area contributed by atoms with Crippen molar-refractivity contribution in [2.75, 3.05) is 46.0 Å². The Balaban J connectivity index is 1.86. The first-order chi connectivity index (χ1) is 8.61. The highest BCUT2D eigenvalue weighted by molar-refractivity contribution is 4.85. The van der Waals surface area contributed by atoms with Crippen LogP contribution in [-0.4, -0.2) is 62.5 Å². The minimum absolute atomic E-state index is 0.00144. The Bertz CT molecular complexity index is 256. The monoisotopic (exact) mass is 256 g/mol. The molecule has 2 rings (SSSR count). The van der Waals surface area contributed by atoms with Gasteiger partial charge in [-0.15, -0.1) is 0 Å². The maximum absolute atomic E-state index is 5.77. The predicted molar refractivity (Wildman–Crippen MR) is 72.9 cm³/mol. The van der Waals surface area contributed by atoms with E-state index in [1.807, 2.05) is 0 Å². The molecule has 0 aliphatic carbocycles. The van der Waals surface area contributed by atoms with Gasteiger partial charge in [-0.25, -0.2) is 0 Å². The van der Waals surface area contributed by atoms with Gasteiger partial charge in [-0.3, -0.25) is 4.90 Å². The van der Waals surface area contributed by atoms with Gasteiger partial charge < -0.3 is 14.8 Å². The fourth-order valence-electron chi connectivity index (χ4n) is 3.11. The van der Waals surface area contributed by atoms with Crippen LogP contribution in [0, 0.1) is 5.92 Å². The summed E-state index contributed by atoms with van der Waals surface area (Å²) >= 11 is 0. The summed E-state index contributed by atoms with van der Waals surface area (Å²) in [6.07, 6.45) is 1.15. The highest BCUT2D eigenvalue weighted by Gasteiger charge is 2.31. The molecule has 0 amide bonds. The van der Waals surface area contributed by atoms with E-state index in [0.717, 1.165) is 52.4 Å². The van der Waals surface area contributed by atoms with Crippen molar-refractivity contribution in [2.24, 2.45) is 5.92 Å². The summed E-state index contributed by atoms with van der Waals surface area (Å²) in [6, 6.07) is 0.620. The Morgan fingerprint density at radius 1 is 1.33 bits per heavy atom. The summed E-state index contributed by atoms with van der Waals surface area (Å²) in [5.74, 6) is 0.618. The number of morpholine rings is 1. The summed E-state index contributed by atoms with van der Waals surface area (Å²) in [7, 11) is 0. The van der Waals surface area contributed by atoms with Gasteiger partial charge in [-0.1, -0.05) is 6.92 Å². The lowest BCUT2D eigenvalue weighted by molar-refractivity contribution is -0.0953. The highest BCUT2D eigenvalue weighted by Crippen LogP contribution is 2.21. The predicted octanol–water partition coefficient (Wildman–Crippen LogP) is 1.11. The lowest BCUT2D eigenvalue weighted by Crippen LogP contribution is -2.53. The third-order valence-corrected chi connectivity index (χ3v) is 3.94. The third-order valence-electron chi connectivity index (χ3n) is 3.94. The Morgan fingerprint density at radius 2 is 2.17 bits per heavy atom. The van der Waals surface area contributed by atoms with Gasteiger partial charge in [-0.2, -0.15) is 0 Å². The van der Waals surface area contributed by atoms with E-state index in [9.17, 15) is 0 Å². The molecule has 106 valence electrons. The molecule has 2 atom stereocenters. The zero-order valence-corrected chi connectivity index (χ0v) is 12.1. The molecule has 0 aromatic rings. The third kappa shape index (κ3) is 3.92. The number of nitrogens with zero attached hydrogens (tertiary/aromatic N) is 1. The van der Waals surface area contributed by atoms with Crippen molar-refractivity contribution in [3.05, 3.63) is 0 Å². The van der Waals surface area contributed by atoms with E-state index < -0.39 is 0 Å². The smallest absolute Gasteiger partial charge is 0.0753 e. The molecule has 2 heterocycles. The van der Waals surface area contributed by atoms with Crippen molar-refractivity contribution in [2.45, 2.75) is 38.8 Å². The van der Waals surface area contributed by atoms with Gasteiger partial charge in [0.25, 0.3) is 0 Å². The number of hydrogen-bond donors (Lipinski definition) is 1. The van der Waals surface area contributed by atoms with E-state index >= 15 is 0 Å². The van der Waals surface area contributed by atoms with Crippen LogP contribution in [0.5, 0.6) is 0 Å². The SMILES string of the molecule is CCNC1CCOCC1CN1CCOC(C)(C)C1. The molecule has 0 radical (unpaired) electrons. The van der Waals surface area contributed by atoms with E-state index in [2.05, 4.69) is 31.0 Å². The number of nitrogens with one attached hydrogen (secondary N) is 1.